The third-order valence-electron chi connectivity index (χ3n) is 5.08. The fraction of sp³-hybridized carbons (Fsp3) is 0.706. The Kier molecular flexibility index (Phi) is 6.16. The maximum absolute atomic E-state index is 12.1. The van der Waals surface area contributed by atoms with Gasteiger partial charge in [-0.25, -0.2) is 4.79 Å². The van der Waals surface area contributed by atoms with Gasteiger partial charge < -0.3 is 44.1 Å². The van der Waals surface area contributed by atoms with E-state index in [1.54, 1.807) is 6.08 Å². The number of ether oxygens (including phenoxy) is 5. The minimum absolute atomic E-state index is 0.321. The van der Waals surface area contributed by atoms with Gasteiger partial charge in [-0.15, -0.1) is 6.58 Å². The van der Waals surface area contributed by atoms with Crippen molar-refractivity contribution in [3.8, 4) is 0 Å². The first-order valence-corrected chi connectivity index (χ1v) is 8.59. The van der Waals surface area contributed by atoms with Crippen molar-refractivity contribution in [2.45, 2.75) is 49.7 Å². The molecule has 0 aromatic heterocycles. The largest absolute Gasteiger partial charge is 0.471 e. The molecule has 3 aliphatic heterocycles. The molecule has 0 aliphatic carbocycles. The van der Waals surface area contributed by atoms with Gasteiger partial charge in [0.1, 0.15) is 24.4 Å². The summed E-state index contributed by atoms with van der Waals surface area (Å²) in [7, 11) is 1.43. The minimum Gasteiger partial charge on any atom is -0.471 e. The second kappa shape index (κ2) is 8.23. The van der Waals surface area contributed by atoms with Gasteiger partial charge in [0.25, 0.3) is 0 Å². The van der Waals surface area contributed by atoms with Gasteiger partial charge in [0.05, 0.1) is 18.4 Å². The molecule has 10 nitrogen and oxygen atoms in total. The van der Waals surface area contributed by atoms with Crippen molar-refractivity contribution in [3.63, 3.8) is 0 Å². The lowest BCUT2D eigenvalue weighted by Gasteiger charge is -2.44. The molecule has 4 N–H and O–H groups in total. The van der Waals surface area contributed by atoms with E-state index < -0.39 is 61.8 Å². The van der Waals surface area contributed by atoms with E-state index in [1.165, 1.54) is 13.4 Å². The minimum atomic E-state index is -1.57. The number of esters is 1. The molecular formula is C17H24O10. The van der Waals surface area contributed by atoms with Crippen LogP contribution in [0.2, 0.25) is 0 Å². The molecule has 0 spiro atoms. The summed E-state index contributed by atoms with van der Waals surface area (Å²) in [5.74, 6) is -1.41. The van der Waals surface area contributed by atoms with E-state index in [0.717, 1.165) is 0 Å². The molecule has 0 radical (unpaired) electrons. The molecule has 2 saturated heterocycles. The highest BCUT2D eigenvalue weighted by atomic mass is 16.8. The summed E-state index contributed by atoms with van der Waals surface area (Å²) in [6.07, 6.45) is -5.65. The molecular weight excluding hydrogens is 364 g/mol. The Labute approximate surface area is 155 Å². The van der Waals surface area contributed by atoms with E-state index in [-0.39, 0.29) is 5.92 Å². The van der Waals surface area contributed by atoms with Crippen LogP contribution in [0.1, 0.15) is 6.42 Å². The van der Waals surface area contributed by atoms with Gasteiger partial charge in [0, 0.05) is 25.4 Å². The number of carbonyl (C=O) groups is 1. The molecule has 10 heteroatoms. The molecule has 0 amide bonds. The summed E-state index contributed by atoms with van der Waals surface area (Å²) in [6.45, 7) is 3.18. The topological polar surface area (TPSA) is 144 Å². The monoisotopic (exact) mass is 388 g/mol. The van der Waals surface area contributed by atoms with Crippen LogP contribution in [0.5, 0.6) is 0 Å². The van der Waals surface area contributed by atoms with E-state index in [1.807, 2.05) is 0 Å². The summed E-state index contributed by atoms with van der Waals surface area (Å²) in [4.78, 5) is 12.1. The molecule has 9 atom stereocenters. The fourth-order valence-electron chi connectivity index (χ4n) is 3.50. The summed E-state index contributed by atoms with van der Waals surface area (Å²) in [5.41, 5.74) is 0.321. The second-order valence-electron chi connectivity index (χ2n) is 6.64. The number of hydrogen-bond donors (Lipinski definition) is 4. The predicted molar refractivity (Wildman–Crippen MR) is 86.5 cm³/mol. The van der Waals surface area contributed by atoms with Gasteiger partial charge in [-0.1, -0.05) is 6.08 Å². The molecule has 152 valence electrons. The van der Waals surface area contributed by atoms with Crippen LogP contribution in [0, 0.1) is 11.8 Å². The lowest BCUT2D eigenvalue weighted by atomic mass is 9.80. The van der Waals surface area contributed by atoms with Crippen molar-refractivity contribution in [2.24, 2.45) is 11.8 Å². The molecule has 8 unspecified atom stereocenters. The van der Waals surface area contributed by atoms with Crippen LogP contribution in [-0.2, 0) is 28.5 Å². The zero-order chi connectivity index (χ0) is 19.7. The number of methoxy groups -OCH3 is 1. The van der Waals surface area contributed by atoms with Crippen LogP contribution in [0.15, 0.2) is 24.5 Å². The van der Waals surface area contributed by atoms with Gasteiger partial charge in [-0.3, -0.25) is 0 Å². The molecule has 0 saturated carbocycles. The number of aliphatic hydroxyl groups excluding tert-OH is 4. The van der Waals surface area contributed by atoms with Crippen molar-refractivity contribution < 1.29 is 48.9 Å². The van der Waals surface area contributed by atoms with E-state index in [4.69, 9.17) is 23.7 Å². The lowest BCUT2D eigenvalue weighted by Crippen LogP contribution is -2.60. The zero-order valence-corrected chi connectivity index (χ0v) is 14.7. The molecule has 0 aromatic rings. The van der Waals surface area contributed by atoms with Gasteiger partial charge in [0.2, 0.25) is 12.6 Å². The normalized spacial score (nSPS) is 44.6. The Balaban J connectivity index is 1.77. The Morgan fingerprint density at radius 2 is 2.00 bits per heavy atom. The average molecular weight is 388 g/mol. The summed E-state index contributed by atoms with van der Waals surface area (Å²) in [5, 5.41) is 39.1. The fourth-order valence-corrected chi connectivity index (χ4v) is 3.50. The van der Waals surface area contributed by atoms with Crippen LogP contribution in [0.3, 0.4) is 0 Å². The lowest BCUT2D eigenvalue weighted by molar-refractivity contribution is -0.340. The molecule has 3 aliphatic rings. The van der Waals surface area contributed by atoms with E-state index >= 15 is 0 Å². The molecule has 3 rings (SSSR count). The average Bonchev–Trinajstić information content (AvgIpc) is 2.67. The van der Waals surface area contributed by atoms with Gasteiger partial charge >= 0.3 is 5.97 Å². The molecule has 0 bridgehead atoms. The smallest absolute Gasteiger partial charge is 0.339 e. The second-order valence-corrected chi connectivity index (χ2v) is 6.64. The third kappa shape index (κ3) is 3.74. The van der Waals surface area contributed by atoms with Crippen LogP contribution < -0.4 is 0 Å². The highest BCUT2D eigenvalue weighted by Crippen LogP contribution is 2.40. The molecule has 2 fully saturated rings. The van der Waals surface area contributed by atoms with Gasteiger partial charge in [-0.2, -0.15) is 0 Å². The Hall–Kier alpha value is -1.53. The first-order chi connectivity index (χ1) is 12.9. The number of cyclic esters (lactones) is 1. The quantitative estimate of drug-likeness (QED) is 0.320. The molecule has 27 heavy (non-hydrogen) atoms. The highest BCUT2D eigenvalue weighted by molar-refractivity contribution is 5.89. The number of rotatable bonds is 5. The van der Waals surface area contributed by atoms with Crippen molar-refractivity contribution in [3.05, 3.63) is 24.5 Å². The van der Waals surface area contributed by atoms with Crippen LogP contribution in [0.25, 0.3) is 0 Å². The van der Waals surface area contributed by atoms with Crippen molar-refractivity contribution in [1.82, 2.24) is 0 Å². The standard InChI is InChI=1S/C17H24O10/c1-3-7-8-4-11(23-2)26-15(22)9(8)6-24-16(7)27-17-14(21)13(20)12(19)10(5-18)25-17/h3,6-8,10-14,16-21H,1,4-5H2,2H3/t7?,8-,10?,11?,12?,13?,14?,16?,17?/m0/s1. The Bertz CT molecular complexity index is 590. The van der Waals surface area contributed by atoms with Crippen molar-refractivity contribution in [2.75, 3.05) is 13.7 Å². The number of hydrogen-bond acceptors (Lipinski definition) is 10. The van der Waals surface area contributed by atoms with Crippen LogP contribution >= 0.6 is 0 Å². The SMILES string of the molecule is C=CC1C(OC2OC(CO)C(O)C(O)C2O)OC=C2C(=O)OC(OC)C[C@H]21. The summed E-state index contributed by atoms with van der Waals surface area (Å²) in [6, 6.07) is 0. The summed E-state index contributed by atoms with van der Waals surface area (Å²) >= 11 is 0. The van der Waals surface area contributed by atoms with Crippen molar-refractivity contribution >= 4 is 5.97 Å². The maximum atomic E-state index is 12.1. The zero-order valence-electron chi connectivity index (χ0n) is 14.7. The maximum Gasteiger partial charge on any atom is 0.339 e. The number of aliphatic hydroxyl groups is 4. The highest BCUT2D eigenvalue weighted by Gasteiger charge is 2.49. The van der Waals surface area contributed by atoms with Crippen LogP contribution in [0.4, 0.5) is 0 Å². The van der Waals surface area contributed by atoms with Crippen molar-refractivity contribution in [1.29, 1.82) is 0 Å². The van der Waals surface area contributed by atoms with Crippen LogP contribution in [-0.4, -0.2) is 83.4 Å². The molecule has 3 heterocycles. The van der Waals surface area contributed by atoms with Gasteiger partial charge in [-0.05, 0) is 0 Å². The number of fused-ring (bicyclic) bond motifs is 1. The number of carbonyl (C=O) groups excluding carboxylic acids is 1. The van der Waals surface area contributed by atoms with E-state index in [9.17, 15) is 25.2 Å². The first-order valence-electron chi connectivity index (χ1n) is 8.59. The third-order valence-corrected chi connectivity index (χ3v) is 5.08. The summed E-state index contributed by atoms with van der Waals surface area (Å²) < 4.78 is 26.7. The first kappa shape index (κ1) is 20.2. The Morgan fingerprint density at radius 1 is 1.26 bits per heavy atom. The van der Waals surface area contributed by atoms with E-state index in [2.05, 4.69) is 6.58 Å². The van der Waals surface area contributed by atoms with Gasteiger partial charge in [0.15, 0.2) is 6.29 Å². The van der Waals surface area contributed by atoms with E-state index in [0.29, 0.717) is 12.0 Å². The molecule has 0 aromatic carbocycles. The predicted octanol–water partition coefficient (Wildman–Crippen LogP) is -1.62. The Morgan fingerprint density at radius 3 is 2.63 bits per heavy atom.